The van der Waals surface area contributed by atoms with Crippen LogP contribution in [0.3, 0.4) is 0 Å². The lowest BCUT2D eigenvalue weighted by molar-refractivity contribution is 0.0472. The van der Waals surface area contributed by atoms with Gasteiger partial charge in [-0.1, -0.05) is 25.3 Å². The molecule has 0 radical (unpaired) electrons. The lowest BCUT2D eigenvalue weighted by Gasteiger charge is -2.44. The number of hydrogen-bond acceptors (Lipinski definition) is 2. The Morgan fingerprint density at radius 2 is 1.68 bits per heavy atom. The fourth-order valence-electron chi connectivity index (χ4n) is 4.60. The van der Waals surface area contributed by atoms with Crippen LogP contribution in [0.4, 0.5) is 0 Å². The molecular formula is C19H26N2O. The summed E-state index contributed by atoms with van der Waals surface area (Å²) in [7, 11) is 0. The number of nitrogens with zero attached hydrogens (tertiary/aromatic N) is 1. The lowest BCUT2D eigenvalue weighted by Crippen LogP contribution is -2.43. The van der Waals surface area contributed by atoms with Gasteiger partial charge in [-0.3, -0.25) is 4.79 Å². The van der Waals surface area contributed by atoms with Crippen LogP contribution in [0.25, 0.3) is 0 Å². The molecule has 1 aromatic carbocycles. The van der Waals surface area contributed by atoms with E-state index < -0.39 is 0 Å². The normalized spacial score (nSPS) is 23.5. The van der Waals surface area contributed by atoms with Gasteiger partial charge in [0.25, 0.3) is 5.91 Å². The molecule has 1 N–H and O–H groups in total. The van der Waals surface area contributed by atoms with Crippen LogP contribution in [0.15, 0.2) is 18.2 Å². The van der Waals surface area contributed by atoms with Crippen molar-refractivity contribution in [2.75, 3.05) is 13.1 Å². The maximum absolute atomic E-state index is 12.8. The van der Waals surface area contributed by atoms with Gasteiger partial charge < -0.3 is 10.2 Å². The van der Waals surface area contributed by atoms with E-state index in [2.05, 4.69) is 22.3 Å². The molecule has 2 aliphatic heterocycles. The molecule has 0 unspecified atom stereocenters. The van der Waals surface area contributed by atoms with Gasteiger partial charge in [0.15, 0.2) is 0 Å². The molecular weight excluding hydrogens is 272 g/mol. The van der Waals surface area contributed by atoms with Crippen molar-refractivity contribution in [3.8, 4) is 0 Å². The number of hydrogen-bond donors (Lipinski definition) is 1. The van der Waals surface area contributed by atoms with E-state index in [9.17, 15) is 4.79 Å². The molecule has 1 aromatic rings. The number of likely N-dealkylation sites (tertiary alicyclic amines) is 1. The molecule has 2 heterocycles. The molecule has 3 heteroatoms. The first kappa shape index (κ1) is 14.3. The molecule has 1 saturated carbocycles. The number of benzene rings is 1. The maximum atomic E-state index is 12.8. The first-order valence-corrected chi connectivity index (χ1v) is 8.88. The molecule has 22 heavy (non-hydrogen) atoms. The molecule has 1 aliphatic carbocycles. The third-order valence-electron chi connectivity index (χ3n) is 6.11. The monoisotopic (exact) mass is 298 g/mol. The van der Waals surface area contributed by atoms with Crippen LogP contribution in [0.1, 0.15) is 66.4 Å². The fourth-order valence-corrected chi connectivity index (χ4v) is 4.60. The van der Waals surface area contributed by atoms with Gasteiger partial charge in [-0.15, -0.1) is 0 Å². The number of fused-ring (bicyclic) bond motifs is 1. The van der Waals surface area contributed by atoms with E-state index in [4.69, 9.17) is 0 Å². The van der Waals surface area contributed by atoms with Crippen molar-refractivity contribution >= 4 is 5.91 Å². The van der Waals surface area contributed by atoms with Gasteiger partial charge in [-0.05, 0) is 54.4 Å². The topological polar surface area (TPSA) is 32.3 Å². The molecule has 3 nitrogen and oxygen atoms in total. The zero-order valence-electron chi connectivity index (χ0n) is 13.4. The van der Waals surface area contributed by atoms with Crippen molar-refractivity contribution in [1.29, 1.82) is 0 Å². The summed E-state index contributed by atoms with van der Waals surface area (Å²) in [5.74, 6) is 0.236. The minimum Gasteiger partial charge on any atom is -0.339 e. The zero-order chi connectivity index (χ0) is 15.0. The molecule has 1 saturated heterocycles. The van der Waals surface area contributed by atoms with Crippen LogP contribution in [0.5, 0.6) is 0 Å². The third kappa shape index (κ3) is 2.56. The van der Waals surface area contributed by atoms with Crippen molar-refractivity contribution in [1.82, 2.24) is 10.2 Å². The van der Waals surface area contributed by atoms with Gasteiger partial charge in [0, 0.05) is 31.7 Å². The quantitative estimate of drug-likeness (QED) is 0.861. The highest BCUT2D eigenvalue weighted by molar-refractivity contribution is 5.94. The van der Waals surface area contributed by atoms with Crippen LogP contribution in [0.2, 0.25) is 0 Å². The van der Waals surface area contributed by atoms with Crippen molar-refractivity contribution < 1.29 is 4.79 Å². The van der Waals surface area contributed by atoms with E-state index >= 15 is 0 Å². The van der Waals surface area contributed by atoms with Crippen LogP contribution in [-0.2, 0) is 13.1 Å². The van der Waals surface area contributed by atoms with Crippen LogP contribution < -0.4 is 5.32 Å². The first-order chi connectivity index (χ1) is 10.8. The fraction of sp³-hybridized carbons (Fsp3) is 0.632. The second-order valence-corrected chi connectivity index (χ2v) is 7.44. The Kier molecular flexibility index (Phi) is 3.69. The lowest BCUT2D eigenvalue weighted by atomic mass is 9.68. The summed E-state index contributed by atoms with van der Waals surface area (Å²) in [6.45, 7) is 3.75. The number of nitrogens with one attached hydrogen (secondary N) is 1. The van der Waals surface area contributed by atoms with Crippen molar-refractivity contribution in [2.45, 2.75) is 58.0 Å². The minimum absolute atomic E-state index is 0.236. The summed E-state index contributed by atoms with van der Waals surface area (Å²) in [4.78, 5) is 14.9. The number of rotatable bonds is 1. The largest absolute Gasteiger partial charge is 0.339 e. The minimum atomic E-state index is 0.236. The van der Waals surface area contributed by atoms with Gasteiger partial charge in [-0.25, -0.2) is 0 Å². The Balaban J connectivity index is 1.43. The van der Waals surface area contributed by atoms with Crippen molar-refractivity contribution in [3.63, 3.8) is 0 Å². The molecule has 4 rings (SSSR count). The van der Waals surface area contributed by atoms with E-state index in [1.54, 1.807) is 0 Å². The van der Waals surface area contributed by atoms with Gasteiger partial charge >= 0.3 is 0 Å². The van der Waals surface area contributed by atoms with Crippen LogP contribution in [-0.4, -0.2) is 23.9 Å². The second-order valence-electron chi connectivity index (χ2n) is 7.44. The summed E-state index contributed by atoms with van der Waals surface area (Å²) in [6.07, 6.45) is 9.40. The average molecular weight is 298 g/mol. The van der Waals surface area contributed by atoms with Crippen molar-refractivity contribution in [2.24, 2.45) is 5.41 Å². The summed E-state index contributed by atoms with van der Waals surface area (Å²) in [5, 5.41) is 3.35. The highest BCUT2D eigenvalue weighted by atomic mass is 16.2. The van der Waals surface area contributed by atoms with Crippen LogP contribution >= 0.6 is 0 Å². The Morgan fingerprint density at radius 3 is 2.45 bits per heavy atom. The van der Waals surface area contributed by atoms with E-state index in [0.717, 1.165) is 31.7 Å². The van der Waals surface area contributed by atoms with Crippen LogP contribution in [0, 0.1) is 5.41 Å². The number of piperidine rings is 1. The summed E-state index contributed by atoms with van der Waals surface area (Å²) < 4.78 is 0. The van der Waals surface area contributed by atoms with Gasteiger partial charge in [0.2, 0.25) is 0 Å². The highest BCUT2D eigenvalue weighted by Crippen LogP contribution is 2.44. The molecule has 118 valence electrons. The third-order valence-corrected chi connectivity index (χ3v) is 6.11. The Bertz CT molecular complexity index is 565. The summed E-state index contributed by atoms with van der Waals surface area (Å²) in [5.41, 5.74) is 4.08. The SMILES string of the molecule is O=C(c1ccc2c(c1)CNC2)N1CCC2(CCCCC2)CC1. The molecule has 3 aliphatic rings. The summed E-state index contributed by atoms with van der Waals surface area (Å²) >= 11 is 0. The standard InChI is InChI=1S/C19H26N2O/c22-18(15-4-5-16-13-20-14-17(16)12-15)21-10-8-19(9-11-21)6-2-1-3-7-19/h4-5,12,20H,1-3,6-11,13-14H2. The molecule has 0 aromatic heterocycles. The van der Waals surface area contributed by atoms with Gasteiger partial charge in [0.1, 0.15) is 0 Å². The second kappa shape index (κ2) is 5.69. The van der Waals surface area contributed by atoms with E-state index in [1.165, 1.54) is 56.1 Å². The van der Waals surface area contributed by atoms with E-state index in [0.29, 0.717) is 5.41 Å². The number of carbonyl (C=O) groups excluding carboxylic acids is 1. The molecule has 1 spiro atoms. The van der Waals surface area contributed by atoms with E-state index in [-0.39, 0.29) is 5.91 Å². The zero-order valence-corrected chi connectivity index (χ0v) is 13.4. The Labute approximate surface area is 133 Å². The predicted octanol–water partition coefficient (Wildman–Crippen LogP) is 3.48. The molecule has 2 fully saturated rings. The Hall–Kier alpha value is -1.35. The van der Waals surface area contributed by atoms with Crippen molar-refractivity contribution in [3.05, 3.63) is 34.9 Å². The van der Waals surface area contributed by atoms with E-state index in [1.807, 2.05) is 6.07 Å². The number of amides is 1. The smallest absolute Gasteiger partial charge is 0.253 e. The molecule has 0 atom stereocenters. The predicted molar refractivity (Wildman–Crippen MR) is 87.6 cm³/mol. The molecule has 1 amide bonds. The molecule has 0 bridgehead atoms. The van der Waals surface area contributed by atoms with Gasteiger partial charge in [-0.2, -0.15) is 0 Å². The average Bonchev–Trinajstić information content (AvgIpc) is 3.03. The maximum Gasteiger partial charge on any atom is 0.253 e. The first-order valence-electron chi connectivity index (χ1n) is 8.88. The van der Waals surface area contributed by atoms with Gasteiger partial charge in [0.05, 0.1) is 0 Å². The highest BCUT2D eigenvalue weighted by Gasteiger charge is 2.36. The number of carbonyl (C=O) groups is 1. The summed E-state index contributed by atoms with van der Waals surface area (Å²) in [6, 6.07) is 6.23. The Morgan fingerprint density at radius 1 is 0.955 bits per heavy atom.